The van der Waals surface area contributed by atoms with Crippen molar-refractivity contribution < 1.29 is 13.2 Å². The van der Waals surface area contributed by atoms with Gasteiger partial charge in [0.15, 0.2) is 0 Å². The third-order valence-electron chi connectivity index (χ3n) is 3.48. The quantitative estimate of drug-likeness (QED) is 0.732. The fourth-order valence-electron chi connectivity index (χ4n) is 2.32. The van der Waals surface area contributed by atoms with E-state index in [1.165, 1.54) is 4.31 Å². The van der Waals surface area contributed by atoms with Crippen molar-refractivity contribution >= 4 is 15.9 Å². The lowest BCUT2D eigenvalue weighted by Gasteiger charge is -2.32. The Kier molecular flexibility index (Phi) is 3.45. The van der Waals surface area contributed by atoms with Gasteiger partial charge in [-0.15, -0.1) is 0 Å². The second-order valence-electron chi connectivity index (χ2n) is 5.17. The summed E-state index contributed by atoms with van der Waals surface area (Å²) in [5.41, 5.74) is 0. The molecule has 0 aromatic heterocycles. The number of carbonyl (C=O) groups excluding carboxylic acids is 1. The van der Waals surface area contributed by atoms with E-state index in [0.717, 1.165) is 25.7 Å². The summed E-state index contributed by atoms with van der Waals surface area (Å²) in [6, 6.07) is 0. The lowest BCUT2D eigenvalue weighted by molar-refractivity contribution is -0.134. The van der Waals surface area contributed by atoms with Gasteiger partial charge in [0, 0.05) is 27.2 Å². The Balaban J connectivity index is 2.04. The van der Waals surface area contributed by atoms with E-state index < -0.39 is 10.0 Å². The van der Waals surface area contributed by atoms with Crippen LogP contribution in [0.5, 0.6) is 0 Å². The van der Waals surface area contributed by atoms with Crippen molar-refractivity contribution in [2.75, 3.05) is 27.2 Å². The first kappa shape index (κ1) is 12.8. The number of hydrogen-bond acceptors (Lipinski definition) is 3. The number of hydrogen-bond donors (Lipinski definition) is 0. The molecule has 0 spiro atoms. The fraction of sp³-hybridized carbons (Fsp3) is 0.909. The zero-order valence-corrected chi connectivity index (χ0v) is 11.2. The second-order valence-corrected chi connectivity index (χ2v) is 7.39. The van der Waals surface area contributed by atoms with Crippen molar-refractivity contribution in [3.8, 4) is 0 Å². The molecule has 98 valence electrons. The van der Waals surface area contributed by atoms with Crippen molar-refractivity contribution in [1.29, 1.82) is 0 Å². The monoisotopic (exact) mass is 260 g/mol. The molecule has 5 nitrogen and oxygen atoms in total. The molecule has 1 saturated heterocycles. The molecule has 1 unspecified atom stereocenters. The molecule has 17 heavy (non-hydrogen) atoms. The van der Waals surface area contributed by atoms with Gasteiger partial charge in [-0.2, -0.15) is 0 Å². The molecule has 2 rings (SSSR count). The summed E-state index contributed by atoms with van der Waals surface area (Å²) < 4.78 is 25.7. The number of carbonyl (C=O) groups is 1. The van der Waals surface area contributed by atoms with Crippen LogP contribution in [0.25, 0.3) is 0 Å². The third-order valence-corrected chi connectivity index (χ3v) is 5.84. The maximum absolute atomic E-state index is 12.1. The Bertz CT molecular complexity index is 401. The topological polar surface area (TPSA) is 57.7 Å². The molecule has 1 aliphatic heterocycles. The van der Waals surface area contributed by atoms with Gasteiger partial charge in [0.2, 0.25) is 15.9 Å². The molecule has 1 atom stereocenters. The van der Waals surface area contributed by atoms with Crippen LogP contribution in [0, 0.1) is 5.92 Å². The van der Waals surface area contributed by atoms with Gasteiger partial charge in [0.1, 0.15) is 0 Å². The first-order chi connectivity index (χ1) is 7.93. The van der Waals surface area contributed by atoms with Gasteiger partial charge in [-0.1, -0.05) is 0 Å². The van der Waals surface area contributed by atoms with Gasteiger partial charge < -0.3 is 4.90 Å². The average molecular weight is 260 g/mol. The Hall–Kier alpha value is -0.620. The van der Waals surface area contributed by atoms with Crippen LogP contribution in [0.1, 0.15) is 25.7 Å². The molecule has 1 amide bonds. The highest BCUT2D eigenvalue weighted by Gasteiger charge is 2.42. The summed E-state index contributed by atoms with van der Waals surface area (Å²) in [5.74, 6) is -0.118. The zero-order valence-electron chi connectivity index (χ0n) is 10.4. The van der Waals surface area contributed by atoms with Crippen LogP contribution in [0.3, 0.4) is 0 Å². The molecule has 1 aliphatic carbocycles. The van der Waals surface area contributed by atoms with Gasteiger partial charge in [-0.3, -0.25) is 4.79 Å². The SMILES string of the molecule is CN(C)C(=O)C1CCCN(S(=O)(=O)C2CC2)C1. The predicted molar refractivity (Wildman–Crippen MR) is 64.9 cm³/mol. The van der Waals surface area contributed by atoms with E-state index in [9.17, 15) is 13.2 Å². The largest absolute Gasteiger partial charge is 0.349 e. The van der Waals surface area contributed by atoms with E-state index in [1.807, 2.05) is 0 Å². The molecule has 1 heterocycles. The summed E-state index contributed by atoms with van der Waals surface area (Å²) in [4.78, 5) is 13.4. The van der Waals surface area contributed by atoms with E-state index in [4.69, 9.17) is 0 Å². The highest BCUT2D eigenvalue weighted by molar-refractivity contribution is 7.90. The van der Waals surface area contributed by atoms with Crippen LogP contribution in [-0.2, 0) is 14.8 Å². The van der Waals surface area contributed by atoms with Gasteiger partial charge in [0.05, 0.1) is 11.2 Å². The highest BCUT2D eigenvalue weighted by Crippen LogP contribution is 2.33. The lowest BCUT2D eigenvalue weighted by Crippen LogP contribution is -2.46. The Labute approximate surface area is 103 Å². The van der Waals surface area contributed by atoms with E-state index in [-0.39, 0.29) is 17.1 Å². The minimum absolute atomic E-state index is 0.0423. The van der Waals surface area contributed by atoms with Gasteiger partial charge in [-0.05, 0) is 25.7 Å². The van der Waals surface area contributed by atoms with Crippen molar-refractivity contribution in [2.24, 2.45) is 5.92 Å². The maximum atomic E-state index is 12.1. The zero-order chi connectivity index (χ0) is 12.6. The van der Waals surface area contributed by atoms with Crippen LogP contribution in [0.2, 0.25) is 0 Å². The molecule has 2 aliphatic rings. The standard InChI is InChI=1S/C11H20N2O3S/c1-12(2)11(14)9-4-3-7-13(8-9)17(15,16)10-5-6-10/h9-10H,3-8H2,1-2H3. The van der Waals surface area contributed by atoms with Crippen LogP contribution >= 0.6 is 0 Å². The summed E-state index contributed by atoms with van der Waals surface area (Å²) in [5, 5.41) is -0.171. The minimum atomic E-state index is -3.12. The number of sulfonamides is 1. The van der Waals surface area contributed by atoms with Gasteiger partial charge in [0.25, 0.3) is 0 Å². The molecule has 2 fully saturated rings. The molecule has 6 heteroatoms. The van der Waals surface area contributed by atoms with E-state index >= 15 is 0 Å². The molecular weight excluding hydrogens is 240 g/mol. The van der Waals surface area contributed by atoms with Crippen molar-refractivity contribution in [2.45, 2.75) is 30.9 Å². The van der Waals surface area contributed by atoms with Crippen LogP contribution in [0.15, 0.2) is 0 Å². The van der Waals surface area contributed by atoms with Gasteiger partial charge in [-0.25, -0.2) is 12.7 Å². The number of rotatable bonds is 3. The molecule has 0 bridgehead atoms. The van der Waals surface area contributed by atoms with Gasteiger partial charge >= 0.3 is 0 Å². The summed E-state index contributed by atoms with van der Waals surface area (Å²) in [6.45, 7) is 0.950. The Morgan fingerprint density at radius 1 is 1.24 bits per heavy atom. The molecule has 0 N–H and O–H groups in total. The van der Waals surface area contributed by atoms with Crippen LogP contribution in [0.4, 0.5) is 0 Å². The lowest BCUT2D eigenvalue weighted by atomic mass is 9.98. The number of piperidine rings is 1. The molecular formula is C11H20N2O3S. The maximum Gasteiger partial charge on any atom is 0.226 e. The normalized spacial score (nSPS) is 26.8. The van der Waals surface area contributed by atoms with Crippen LogP contribution in [-0.4, -0.2) is 56.0 Å². The summed E-state index contributed by atoms with van der Waals surface area (Å²) in [7, 11) is 0.319. The Morgan fingerprint density at radius 2 is 1.88 bits per heavy atom. The predicted octanol–water partition coefficient (Wildman–Crippen LogP) is 0.279. The second kappa shape index (κ2) is 4.57. The smallest absolute Gasteiger partial charge is 0.226 e. The third kappa shape index (κ3) is 2.63. The molecule has 0 aromatic carbocycles. The first-order valence-electron chi connectivity index (χ1n) is 6.13. The fourth-order valence-corrected chi connectivity index (χ4v) is 4.24. The van der Waals surface area contributed by atoms with E-state index in [2.05, 4.69) is 0 Å². The highest BCUT2D eigenvalue weighted by atomic mass is 32.2. The molecule has 1 saturated carbocycles. The molecule has 0 radical (unpaired) electrons. The summed E-state index contributed by atoms with van der Waals surface area (Å²) in [6.07, 6.45) is 3.15. The van der Waals surface area contributed by atoms with Crippen molar-refractivity contribution in [3.63, 3.8) is 0 Å². The number of nitrogens with zero attached hydrogens (tertiary/aromatic N) is 2. The molecule has 0 aromatic rings. The van der Waals surface area contributed by atoms with E-state index in [1.54, 1.807) is 19.0 Å². The van der Waals surface area contributed by atoms with E-state index in [0.29, 0.717) is 13.1 Å². The average Bonchev–Trinajstić information content (AvgIpc) is 3.12. The summed E-state index contributed by atoms with van der Waals surface area (Å²) >= 11 is 0. The Morgan fingerprint density at radius 3 is 2.41 bits per heavy atom. The number of amides is 1. The minimum Gasteiger partial charge on any atom is -0.349 e. The first-order valence-corrected chi connectivity index (χ1v) is 7.63. The van der Waals surface area contributed by atoms with Crippen molar-refractivity contribution in [1.82, 2.24) is 9.21 Å². The van der Waals surface area contributed by atoms with Crippen LogP contribution < -0.4 is 0 Å². The van der Waals surface area contributed by atoms with Crippen molar-refractivity contribution in [3.05, 3.63) is 0 Å².